The molecule has 12 nitrogen and oxygen atoms in total. The third-order valence-electron chi connectivity index (χ3n) is 10.4. The molecule has 0 aromatic heterocycles. The van der Waals surface area contributed by atoms with Crippen LogP contribution in [0.5, 0.6) is 0 Å². The fraction of sp³-hybridized carbons (Fsp3) is 0.974. The molecule has 0 unspecified atom stereocenters. The maximum atomic E-state index is 12.9. The first-order valence-electron chi connectivity index (χ1n) is 20.5. The van der Waals surface area contributed by atoms with Crippen molar-refractivity contribution in [2.24, 2.45) is 0 Å². The minimum absolute atomic E-state index is 0.261. The lowest BCUT2D eigenvalue weighted by Crippen LogP contribution is -2.60. The molecule has 0 saturated carbocycles. The summed E-state index contributed by atoms with van der Waals surface area (Å²) in [5, 5.41) is 64.9. The highest BCUT2D eigenvalue weighted by Gasteiger charge is 2.44. The number of hydrogen-bond acceptors (Lipinski definition) is 11. The first-order chi connectivity index (χ1) is 24.8. The van der Waals surface area contributed by atoms with Gasteiger partial charge in [-0.1, -0.05) is 116 Å². The summed E-state index contributed by atoms with van der Waals surface area (Å²) in [7, 11) is 0. The van der Waals surface area contributed by atoms with Gasteiger partial charge in [-0.2, -0.15) is 0 Å². The van der Waals surface area contributed by atoms with E-state index in [1.165, 1.54) is 51.4 Å². The quantitative estimate of drug-likeness (QED) is 0.0500. The lowest BCUT2D eigenvalue weighted by Gasteiger charge is -2.40. The normalized spacial score (nSPS) is 24.7. The van der Waals surface area contributed by atoms with Crippen molar-refractivity contribution in [1.82, 2.24) is 5.32 Å². The van der Waals surface area contributed by atoms with Crippen molar-refractivity contribution in [3.05, 3.63) is 0 Å². The Morgan fingerprint density at radius 2 is 1.27 bits per heavy atom. The molecule has 2 heterocycles. The molecule has 2 aliphatic heterocycles. The Morgan fingerprint density at radius 3 is 1.86 bits per heavy atom. The molecule has 0 radical (unpaired) electrons. The maximum Gasteiger partial charge on any atom is 0.220 e. The van der Waals surface area contributed by atoms with E-state index in [2.05, 4.69) is 12.2 Å². The molecule has 0 aromatic rings. The van der Waals surface area contributed by atoms with Gasteiger partial charge in [-0.3, -0.25) is 4.79 Å². The molecule has 2 fully saturated rings. The molecule has 0 aromatic carbocycles. The van der Waals surface area contributed by atoms with Gasteiger partial charge < -0.3 is 54.9 Å². The topological polar surface area (TPSA) is 187 Å². The van der Waals surface area contributed by atoms with Crippen molar-refractivity contribution < 1.29 is 54.4 Å². The summed E-state index contributed by atoms with van der Waals surface area (Å²) >= 11 is 0. The van der Waals surface area contributed by atoms with Crippen LogP contribution in [0, 0.1) is 0 Å². The molecule has 0 spiro atoms. The van der Waals surface area contributed by atoms with Crippen LogP contribution in [0.3, 0.4) is 0 Å². The first-order valence-corrected chi connectivity index (χ1v) is 20.5. The molecule has 1 amide bonds. The number of amides is 1. The van der Waals surface area contributed by atoms with E-state index in [1.807, 2.05) is 0 Å². The SMILES string of the molecule is CCCCCCCCCCCCCC[C@@H](O)[C@@H](O)[C@H](CO[C@H]1O[C@H](CO)[C@H](O)[C@H](O)[C@H]1O)NC(=O)CCCCCCCCCOC1CCOCC1. The highest BCUT2D eigenvalue weighted by molar-refractivity contribution is 5.76. The van der Waals surface area contributed by atoms with Crippen molar-refractivity contribution >= 4 is 5.91 Å². The average Bonchev–Trinajstić information content (AvgIpc) is 3.14. The Hall–Kier alpha value is -0.930. The van der Waals surface area contributed by atoms with Gasteiger partial charge in [-0.05, 0) is 32.1 Å². The van der Waals surface area contributed by atoms with Gasteiger partial charge in [-0.15, -0.1) is 0 Å². The number of rotatable bonds is 31. The molecule has 51 heavy (non-hydrogen) atoms. The Kier molecular flexibility index (Phi) is 26.7. The highest BCUT2D eigenvalue weighted by atomic mass is 16.7. The molecule has 2 saturated heterocycles. The molecule has 302 valence electrons. The third-order valence-corrected chi connectivity index (χ3v) is 10.4. The highest BCUT2D eigenvalue weighted by Crippen LogP contribution is 2.23. The fourth-order valence-electron chi connectivity index (χ4n) is 6.91. The number of aliphatic hydroxyl groups is 6. The fourth-order valence-corrected chi connectivity index (χ4v) is 6.91. The second kappa shape index (κ2) is 29.4. The number of aliphatic hydroxyl groups excluding tert-OH is 6. The Balaban J connectivity index is 1.70. The van der Waals surface area contributed by atoms with Crippen LogP contribution in [0.4, 0.5) is 0 Å². The Labute approximate surface area is 308 Å². The van der Waals surface area contributed by atoms with Crippen LogP contribution in [0.2, 0.25) is 0 Å². The van der Waals surface area contributed by atoms with E-state index >= 15 is 0 Å². The smallest absolute Gasteiger partial charge is 0.220 e. The molecule has 2 rings (SSSR count). The number of carbonyl (C=O) groups is 1. The second-order valence-electron chi connectivity index (χ2n) is 14.8. The van der Waals surface area contributed by atoms with Crippen molar-refractivity contribution in [2.45, 2.75) is 210 Å². The van der Waals surface area contributed by atoms with Crippen molar-refractivity contribution in [2.75, 3.05) is 33.0 Å². The zero-order valence-corrected chi connectivity index (χ0v) is 31.7. The van der Waals surface area contributed by atoms with E-state index < -0.39 is 55.6 Å². The van der Waals surface area contributed by atoms with Crippen LogP contribution in [0.1, 0.15) is 155 Å². The van der Waals surface area contributed by atoms with Crippen molar-refractivity contribution in [3.63, 3.8) is 0 Å². The molecule has 12 heteroatoms. The maximum absolute atomic E-state index is 12.9. The summed E-state index contributed by atoms with van der Waals surface area (Å²) in [6.45, 7) is 3.70. The van der Waals surface area contributed by atoms with Gasteiger partial charge in [0.25, 0.3) is 0 Å². The van der Waals surface area contributed by atoms with Gasteiger partial charge >= 0.3 is 0 Å². The van der Waals surface area contributed by atoms with E-state index in [1.54, 1.807) is 0 Å². The molecule has 2 aliphatic rings. The molecule has 0 bridgehead atoms. The van der Waals surface area contributed by atoms with E-state index in [0.717, 1.165) is 96.9 Å². The summed E-state index contributed by atoms with van der Waals surface area (Å²) in [4.78, 5) is 12.9. The van der Waals surface area contributed by atoms with E-state index in [0.29, 0.717) is 18.9 Å². The van der Waals surface area contributed by atoms with E-state index in [4.69, 9.17) is 18.9 Å². The van der Waals surface area contributed by atoms with Crippen LogP contribution < -0.4 is 5.32 Å². The lowest BCUT2D eigenvalue weighted by molar-refractivity contribution is -0.303. The number of unbranched alkanes of at least 4 members (excludes halogenated alkanes) is 17. The van der Waals surface area contributed by atoms with Gasteiger partial charge in [0.1, 0.15) is 30.5 Å². The van der Waals surface area contributed by atoms with Crippen molar-refractivity contribution in [1.29, 1.82) is 0 Å². The van der Waals surface area contributed by atoms with Gasteiger partial charge in [0.15, 0.2) is 6.29 Å². The van der Waals surface area contributed by atoms with Gasteiger partial charge in [0.2, 0.25) is 5.91 Å². The first kappa shape index (κ1) is 46.2. The number of carbonyl (C=O) groups excluding carboxylic acids is 1. The van der Waals surface area contributed by atoms with Gasteiger partial charge in [-0.25, -0.2) is 0 Å². The average molecular weight is 734 g/mol. The summed E-state index contributed by atoms with van der Waals surface area (Å²) < 4.78 is 22.4. The minimum atomic E-state index is -1.61. The molecule has 0 aliphatic carbocycles. The van der Waals surface area contributed by atoms with Crippen LogP contribution in [0.25, 0.3) is 0 Å². The number of ether oxygens (including phenoxy) is 4. The Morgan fingerprint density at radius 1 is 0.725 bits per heavy atom. The van der Waals surface area contributed by atoms with Gasteiger partial charge in [0.05, 0.1) is 31.5 Å². The summed E-state index contributed by atoms with van der Waals surface area (Å²) in [6, 6.07) is -0.999. The van der Waals surface area contributed by atoms with Crippen LogP contribution >= 0.6 is 0 Å². The number of hydrogen-bond donors (Lipinski definition) is 7. The zero-order valence-electron chi connectivity index (χ0n) is 31.7. The Bertz CT molecular complexity index is 831. The predicted molar refractivity (Wildman–Crippen MR) is 196 cm³/mol. The molecular weight excluding hydrogens is 658 g/mol. The monoisotopic (exact) mass is 734 g/mol. The van der Waals surface area contributed by atoms with E-state index in [-0.39, 0.29) is 18.9 Å². The minimum Gasteiger partial charge on any atom is -0.394 e. The summed E-state index contributed by atoms with van der Waals surface area (Å²) in [5.74, 6) is -0.278. The van der Waals surface area contributed by atoms with Crippen LogP contribution in [0.15, 0.2) is 0 Å². The molecular formula is C39H75NO11. The predicted octanol–water partition coefficient (Wildman–Crippen LogP) is 4.42. The number of nitrogens with one attached hydrogen (secondary N) is 1. The van der Waals surface area contributed by atoms with Crippen LogP contribution in [-0.2, 0) is 23.7 Å². The standard InChI is InChI=1S/C39H75NO11/c1-2-3-4-5-6-7-8-9-10-12-15-18-21-32(42)35(44)31(29-50-39-38(47)37(46)36(45)33(28-41)51-39)40-34(43)22-19-16-13-11-14-17-20-25-49-30-23-26-48-27-24-30/h30-33,35-39,41-42,44-47H,2-29H2,1H3,(H,40,43)/t31-,32+,33+,35-,36-,37-,38+,39-/m0/s1. The summed E-state index contributed by atoms with van der Waals surface area (Å²) in [5.41, 5.74) is 0. The largest absolute Gasteiger partial charge is 0.394 e. The van der Waals surface area contributed by atoms with Crippen molar-refractivity contribution in [3.8, 4) is 0 Å². The third kappa shape index (κ3) is 20.4. The van der Waals surface area contributed by atoms with Crippen LogP contribution in [-0.4, -0.2) is 125 Å². The lowest BCUT2D eigenvalue weighted by atomic mass is 9.98. The molecule has 7 N–H and O–H groups in total. The molecule has 8 atom stereocenters. The zero-order chi connectivity index (χ0) is 37.1. The van der Waals surface area contributed by atoms with Gasteiger partial charge in [0, 0.05) is 26.2 Å². The van der Waals surface area contributed by atoms with E-state index in [9.17, 15) is 35.4 Å². The second-order valence-corrected chi connectivity index (χ2v) is 14.8. The summed E-state index contributed by atoms with van der Waals surface area (Å²) in [6.07, 6.45) is 14.5.